The standard InChI is InChI=1S/C20H26FN5O/c1-20(2)8-17-15(9-24-26(17)11-20)14-7-18(23-10-16(14)21)25-19(27)12-4-3-5-13(22)6-12/h7,9-10,12-13H,3-6,8,11,22H2,1-2H3,(H,23,25,27)/t12-,13-/m0/s1. The second-order valence-electron chi connectivity index (χ2n) is 8.67. The van der Waals surface area contributed by atoms with Crippen molar-refractivity contribution in [1.29, 1.82) is 0 Å². The summed E-state index contributed by atoms with van der Waals surface area (Å²) >= 11 is 0. The van der Waals surface area contributed by atoms with E-state index in [0.29, 0.717) is 17.8 Å². The Morgan fingerprint density at radius 1 is 1.33 bits per heavy atom. The summed E-state index contributed by atoms with van der Waals surface area (Å²) in [5.74, 6) is -0.234. The molecule has 1 aliphatic heterocycles. The van der Waals surface area contributed by atoms with Crippen molar-refractivity contribution in [2.24, 2.45) is 17.1 Å². The van der Waals surface area contributed by atoms with Gasteiger partial charge in [0.25, 0.3) is 0 Å². The lowest BCUT2D eigenvalue weighted by Crippen LogP contribution is -2.34. The van der Waals surface area contributed by atoms with E-state index in [2.05, 4.69) is 29.2 Å². The van der Waals surface area contributed by atoms with Crippen LogP contribution in [0.5, 0.6) is 0 Å². The number of anilines is 1. The van der Waals surface area contributed by atoms with Gasteiger partial charge in [0.1, 0.15) is 11.6 Å². The maximum absolute atomic E-state index is 14.5. The van der Waals surface area contributed by atoms with Crippen LogP contribution in [0.15, 0.2) is 18.5 Å². The third-order valence-electron chi connectivity index (χ3n) is 5.65. The summed E-state index contributed by atoms with van der Waals surface area (Å²) in [5.41, 5.74) is 8.33. The molecule has 2 atom stereocenters. The highest BCUT2D eigenvalue weighted by molar-refractivity contribution is 5.92. The highest BCUT2D eigenvalue weighted by atomic mass is 19.1. The number of fused-ring (bicyclic) bond motifs is 1. The summed E-state index contributed by atoms with van der Waals surface area (Å²) in [6.07, 6.45) is 7.15. The van der Waals surface area contributed by atoms with Gasteiger partial charge in [-0.25, -0.2) is 9.37 Å². The zero-order valence-corrected chi connectivity index (χ0v) is 15.8. The molecule has 3 heterocycles. The van der Waals surface area contributed by atoms with Crippen LogP contribution in [0.3, 0.4) is 0 Å². The fraction of sp³-hybridized carbons (Fsp3) is 0.550. The number of carbonyl (C=O) groups excluding carboxylic acids is 1. The average molecular weight is 371 g/mol. The van der Waals surface area contributed by atoms with Crippen LogP contribution in [0.25, 0.3) is 11.1 Å². The van der Waals surface area contributed by atoms with Crippen molar-refractivity contribution < 1.29 is 9.18 Å². The van der Waals surface area contributed by atoms with Crippen molar-refractivity contribution in [3.63, 3.8) is 0 Å². The molecule has 0 saturated heterocycles. The molecule has 0 radical (unpaired) electrons. The van der Waals surface area contributed by atoms with Gasteiger partial charge >= 0.3 is 0 Å². The summed E-state index contributed by atoms with van der Waals surface area (Å²) in [6, 6.07) is 1.68. The Morgan fingerprint density at radius 3 is 2.93 bits per heavy atom. The van der Waals surface area contributed by atoms with Crippen molar-refractivity contribution in [3.05, 3.63) is 30.0 Å². The minimum Gasteiger partial charge on any atom is -0.328 e. The summed E-state index contributed by atoms with van der Waals surface area (Å²) in [6.45, 7) is 5.17. The van der Waals surface area contributed by atoms with E-state index < -0.39 is 5.82 Å². The Morgan fingerprint density at radius 2 is 2.15 bits per heavy atom. The molecule has 0 aromatic carbocycles. The molecule has 1 amide bonds. The van der Waals surface area contributed by atoms with E-state index >= 15 is 0 Å². The Balaban J connectivity index is 1.57. The molecular weight excluding hydrogens is 345 g/mol. The van der Waals surface area contributed by atoms with Crippen LogP contribution < -0.4 is 11.1 Å². The minimum absolute atomic E-state index is 0.0737. The van der Waals surface area contributed by atoms with Crippen molar-refractivity contribution >= 4 is 11.7 Å². The number of nitrogens with zero attached hydrogens (tertiary/aromatic N) is 3. The van der Waals surface area contributed by atoms with Gasteiger partial charge in [0.15, 0.2) is 0 Å². The molecule has 6 nitrogen and oxygen atoms in total. The predicted molar refractivity (Wildman–Crippen MR) is 101 cm³/mol. The zero-order chi connectivity index (χ0) is 19.2. The van der Waals surface area contributed by atoms with Gasteiger partial charge in [0.05, 0.1) is 12.4 Å². The maximum atomic E-state index is 14.5. The lowest BCUT2D eigenvalue weighted by Gasteiger charge is -2.25. The molecule has 7 heteroatoms. The van der Waals surface area contributed by atoms with Gasteiger partial charge in [0.2, 0.25) is 5.91 Å². The van der Waals surface area contributed by atoms with Crippen LogP contribution in [0.1, 0.15) is 45.2 Å². The Labute approximate surface area is 158 Å². The van der Waals surface area contributed by atoms with Crippen LogP contribution >= 0.6 is 0 Å². The smallest absolute Gasteiger partial charge is 0.228 e. The van der Waals surface area contributed by atoms with Crippen LogP contribution in [0.2, 0.25) is 0 Å². The van der Waals surface area contributed by atoms with Crippen molar-refractivity contribution in [1.82, 2.24) is 14.8 Å². The van der Waals surface area contributed by atoms with E-state index in [-0.39, 0.29) is 23.3 Å². The van der Waals surface area contributed by atoms with E-state index in [1.165, 1.54) is 6.20 Å². The molecule has 0 bridgehead atoms. The van der Waals surface area contributed by atoms with Crippen molar-refractivity contribution in [2.45, 2.75) is 58.5 Å². The molecule has 4 rings (SSSR count). The van der Waals surface area contributed by atoms with E-state index in [9.17, 15) is 9.18 Å². The predicted octanol–water partition coefficient (Wildman–Crippen LogP) is 3.12. The molecule has 1 fully saturated rings. The van der Waals surface area contributed by atoms with E-state index in [1.807, 2.05) is 4.68 Å². The molecule has 27 heavy (non-hydrogen) atoms. The lowest BCUT2D eigenvalue weighted by molar-refractivity contribution is -0.120. The monoisotopic (exact) mass is 371 g/mol. The fourth-order valence-electron chi connectivity index (χ4n) is 4.28. The number of hydrogen-bond donors (Lipinski definition) is 2. The summed E-state index contributed by atoms with van der Waals surface area (Å²) in [7, 11) is 0. The molecular formula is C20H26FN5O. The van der Waals surface area contributed by atoms with E-state index in [4.69, 9.17) is 5.73 Å². The second kappa shape index (κ2) is 6.71. The van der Waals surface area contributed by atoms with Gasteiger partial charge in [-0.3, -0.25) is 9.48 Å². The molecule has 144 valence electrons. The molecule has 2 aromatic rings. The van der Waals surface area contributed by atoms with Gasteiger partial charge in [0, 0.05) is 35.3 Å². The van der Waals surface area contributed by atoms with Crippen LogP contribution in [-0.4, -0.2) is 26.7 Å². The lowest BCUT2D eigenvalue weighted by atomic mass is 9.85. The Bertz CT molecular complexity index is 875. The van der Waals surface area contributed by atoms with E-state index in [1.54, 1.807) is 12.3 Å². The number of halogens is 1. The molecule has 3 N–H and O–H groups in total. The fourth-order valence-corrected chi connectivity index (χ4v) is 4.28. The molecule has 2 aliphatic rings. The first-order valence-corrected chi connectivity index (χ1v) is 9.59. The quantitative estimate of drug-likeness (QED) is 0.868. The largest absolute Gasteiger partial charge is 0.328 e. The first-order valence-electron chi connectivity index (χ1n) is 9.59. The average Bonchev–Trinajstić information content (AvgIpc) is 3.11. The summed E-state index contributed by atoms with van der Waals surface area (Å²) in [4.78, 5) is 16.6. The Hall–Kier alpha value is -2.28. The molecule has 2 aromatic heterocycles. The zero-order valence-electron chi connectivity index (χ0n) is 15.8. The van der Waals surface area contributed by atoms with E-state index in [0.717, 1.165) is 43.5 Å². The number of hydrogen-bond acceptors (Lipinski definition) is 4. The highest BCUT2D eigenvalue weighted by Crippen LogP contribution is 2.38. The van der Waals surface area contributed by atoms with Crippen LogP contribution in [0.4, 0.5) is 10.2 Å². The maximum Gasteiger partial charge on any atom is 0.228 e. The normalized spacial score (nSPS) is 23.9. The number of nitrogens with two attached hydrogens (primary N) is 1. The third kappa shape index (κ3) is 3.60. The van der Waals surface area contributed by atoms with Crippen molar-refractivity contribution in [3.8, 4) is 11.1 Å². The van der Waals surface area contributed by atoms with Crippen molar-refractivity contribution in [2.75, 3.05) is 5.32 Å². The summed E-state index contributed by atoms with van der Waals surface area (Å²) < 4.78 is 16.4. The van der Waals surface area contributed by atoms with Gasteiger partial charge < -0.3 is 11.1 Å². The number of rotatable bonds is 3. The molecule has 0 unspecified atom stereocenters. The van der Waals surface area contributed by atoms with Gasteiger partial charge in [-0.15, -0.1) is 0 Å². The Kier molecular flexibility index (Phi) is 4.50. The number of pyridine rings is 1. The molecule has 1 saturated carbocycles. The number of carbonyl (C=O) groups is 1. The SMILES string of the molecule is CC1(C)Cc2c(-c3cc(NC(=O)[C@H]4CCC[C@H](N)C4)ncc3F)cnn2C1. The number of aromatic nitrogens is 3. The highest BCUT2D eigenvalue weighted by Gasteiger charge is 2.32. The van der Waals surface area contributed by atoms with Gasteiger partial charge in [-0.05, 0) is 37.2 Å². The first-order chi connectivity index (χ1) is 12.8. The number of nitrogens with one attached hydrogen (secondary N) is 1. The second-order valence-corrected chi connectivity index (χ2v) is 8.67. The summed E-state index contributed by atoms with van der Waals surface area (Å²) in [5, 5.41) is 7.26. The third-order valence-corrected chi connectivity index (χ3v) is 5.65. The topological polar surface area (TPSA) is 85.8 Å². The van der Waals surface area contributed by atoms with Gasteiger partial charge in [-0.1, -0.05) is 20.3 Å². The number of amides is 1. The molecule has 0 spiro atoms. The minimum atomic E-state index is -0.409. The molecule has 1 aliphatic carbocycles. The van der Waals surface area contributed by atoms with Crippen LogP contribution in [-0.2, 0) is 17.8 Å². The van der Waals surface area contributed by atoms with Crippen LogP contribution in [0, 0.1) is 17.2 Å². The van der Waals surface area contributed by atoms with Gasteiger partial charge in [-0.2, -0.15) is 5.10 Å². The first kappa shape index (κ1) is 18.1.